The topological polar surface area (TPSA) is 67.8 Å². The van der Waals surface area contributed by atoms with Crippen LogP contribution in [0.3, 0.4) is 0 Å². The van der Waals surface area contributed by atoms with Gasteiger partial charge in [-0.2, -0.15) is 0 Å². The van der Waals surface area contributed by atoms with Gasteiger partial charge in [0.25, 0.3) is 0 Å². The minimum absolute atomic E-state index is 0.0322. The first-order valence-corrected chi connectivity index (χ1v) is 7.99. The second-order valence-electron chi connectivity index (χ2n) is 5.41. The molecule has 0 saturated carbocycles. The Kier molecular flexibility index (Phi) is 6.61. The van der Waals surface area contributed by atoms with Crippen LogP contribution in [0.5, 0.6) is 11.5 Å². The Morgan fingerprint density at radius 1 is 1.32 bits per heavy atom. The van der Waals surface area contributed by atoms with Gasteiger partial charge in [0.2, 0.25) is 0 Å². The molecule has 2 N–H and O–H groups in total. The summed E-state index contributed by atoms with van der Waals surface area (Å²) in [5, 5.41) is 12.1. The number of halogens is 2. The van der Waals surface area contributed by atoms with Gasteiger partial charge in [0.1, 0.15) is 18.5 Å². The fourth-order valence-electron chi connectivity index (χ4n) is 2.12. The number of benzene rings is 2. The van der Waals surface area contributed by atoms with Crippen LogP contribution in [0.2, 0.25) is 5.02 Å². The summed E-state index contributed by atoms with van der Waals surface area (Å²) in [4.78, 5) is 10.8. The van der Waals surface area contributed by atoms with E-state index in [1.807, 2.05) is 0 Å². The molecule has 0 aliphatic carbocycles. The normalized spacial score (nSPS) is 11.8. The molecule has 5 nitrogen and oxygen atoms in total. The number of hydrogen-bond donors (Lipinski definition) is 2. The van der Waals surface area contributed by atoms with Gasteiger partial charge in [-0.05, 0) is 36.8 Å². The maximum Gasteiger partial charge on any atom is 0.320 e. The molecule has 0 bridgehead atoms. The molecule has 1 unspecified atom stereocenters. The standard InChI is InChI=1S/C18H19ClFNO4/c1-11(18(22)23)21-9-12-6-7-16(17(8-12)24-2)25-10-13-14(19)4-3-5-15(13)20/h3-8,11,21H,9-10H2,1-2H3,(H,22,23). The smallest absolute Gasteiger partial charge is 0.320 e. The third-order valence-electron chi connectivity index (χ3n) is 3.64. The van der Waals surface area contributed by atoms with Gasteiger partial charge in [-0.1, -0.05) is 23.7 Å². The summed E-state index contributed by atoms with van der Waals surface area (Å²) in [6.45, 7) is 1.90. The molecule has 0 aromatic heterocycles. The zero-order valence-corrected chi connectivity index (χ0v) is 14.6. The Labute approximate surface area is 150 Å². The summed E-state index contributed by atoms with van der Waals surface area (Å²) in [6, 6.07) is 8.99. The highest BCUT2D eigenvalue weighted by Crippen LogP contribution is 2.30. The highest BCUT2D eigenvalue weighted by atomic mass is 35.5. The molecule has 2 aromatic carbocycles. The van der Waals surface area contributed by atoms with Gasteiger partial charge >= 0.3 is 5.97 Å². The Morgan fingerprint density at radius 2 is 2.08 bits per heavy atom. The van der Waals surface area contributed by atoms with Crippen LogP contribution in [-0.4, -0.2) is 24.2 Å². The third kappa shape index (κ3) is 5.08. The fraction of sp³-hybridized carbons (Fsp3) is 0.278. The second kappa shape index (κ2) is 8.69. The van der Waals surface area contributed by atoms with Gasteiger partial charge in [-0.25, -0.2) is 4.39 Å². The van der Waals surface area contributed by atoms with Crippen molar-refractivity contribution >= 4 is 17.6 Å². The van der Waals surface area contributed by atoms with Crippen molar-refractivity contribution in [2.24, 2.45) is 0 Å². The lowest BCUT2D eigenvalue weighted by molar-refractivity contribution is -0.139. The van der Waals surface area contributed by atoms with Crippen LogP contribution >= 0.6 is 11.6 Å². The minimum Gasteiger partial charge on any atom is -0.493 e. The van der Waals surface area contributed by atoms with E-state index in [1.165, 1.54) is 19.2 Å². The van der Waals surface area contributed by atoms with Gasteiger partial charge in [0, 0.05) is 12.1 Å². The largest absolute Gasteiger partial charge is 0.493 e. The Hall–Kier alpha value is -2.31. The van der Waals surface area contributed by atoms with E-state index in [0.29, 0.717) is 23.1 Å². The van der Waals surface area contributed by atoms with Crippen molar-refractivity contribution in [1.29, 1.82) is 0 Å². The van der Waals surface area contributed by atoms with Crippen molar-refractivity contribution in [1.82, 2.24) is 5.32 Å². The van der Waals surface area contributed by atoms with Crippen molar-refractivity contribution in [3.8, 4) is 11.5 Å². The predicted octanol–water partition coefficient (Wildman–Crippen LogP) is 3.63. The molecule has 2 aromatic rings. The van der Waals surface area contributed by atoms with Crippen LogP contribution in [0, 0.1) is 5.82 Å². The maximum atomic E-state index is 13.8. The van der Waals surface area contributed by atoms with Crippen LogP contribution in [0.15, 0.2) is 36.4 Å². The summed E-state index contributed by atoms with van der Waals surface area (Å²) in [7, 11) is 1.50. The molecule has 0 aliphatic rings. The quantitative estimate of drug-likeness (QED) is 0.745. The van der Waals surface area contributed by atoms with E-state index >= 15 is 0 Å². The number of aliphatic carboxylic acids is 1. The third-order valence-corrected chi connectivity index (χ3v) is 4.00. The Morgan fingerprint density at radius 3 is 2.72 bits per heavy atom. The molecule has 0 saturated heterocycles. The number of carboxylic acids is 1. The zero-order valence-electron chi connectivity index (χ0n) is 13.9. The molecular formula is C18H19ClFNO4. The molecule has 2 rings (SSSR count). The first-order valence-electron chi connectivity index (χ1n) is 7.61. The average Bonchev–Trinajstić information content (AvgIpc) is 2.59. The Balaban J connectivity index is 2.07. The van der Waals surface area contributed by atoms with E-state index in [-0.39, 0.29) is 12.2 Å². The summed E-state index contributed by atoms with van der Waals surface area (Å²) in [5.41, 5.74) is 1.11. The van der Waals surface area contributed by atoms with Gasteiger partial charge in [0.05, 0.1) is 12.1 Å². The van der Waals surface area contributed by atoms with Gasteiger partial charge in [-0.15, -0.1) is 0 Å². The molecule has 0 heterocycles. The highest BCUT2D eigenvalue weighted by Gasteiger charge is 2.12. The summed E-state index contributed by atoms with van der Waals surface area (Å²) < 4.78 is 24.7. The summed E-state index contributed by atoms with van der Waals surface area (Å²) >= 11 is 5.98. The molecule has 0 aliphatic heterocycles. The fourth-order valence-corrected chi connectivity index (χ4v) is 2.34. The van der Waals surface area contributed by atoms with Crippen LogP contribution < -0.4 is 14.8 Å². The molecule has 0 fully saturated rings. The van der Waals surface area contributed by atoms with Crippen LogP contribution in [-0.2, 0) is 17.9 Å². The van der Waals surface area contributed by atoms with Gasteiger partial charge in [0.15, 0.2) is 11.5 Å². The van der Waals surface area contributed by atoms with Crippen LogP contribution in [0.25, 0.3) is 0 Å². The van der Waals surface area contributed by atoms with Crippen molar-refractivity contribution < 1.29 is 23.8 Å². The van der Waals surface area contributed by atoms with Crippen LogP contribution in [0.1, 0.15) is 18.1 Å². The lowest BCUT2D eigenvalue weighted by atomic mass is 10.2. The van der Waals surface area contributed by atoms with Crippen molar-refractivity contribution in [2.75, 3.05) is 7.11 Å². The first kappa shape index (κ1) is 19.0. The van der Waals surface area contributed by atoms with E-state index in [2.05, 4.69) is 5.32 Å². The average molecular weight is 368 g/mol. The molecule has 25 heavy (non-hydrogen) atoms. The highest BCUT2D eigenvalue weighted by molar-refractivity contribution is 6.31. The number of hydrogen-bond acceptors (Lipinski definition) is 4. The second-order valence-corrected chi connectivity index (χ2v) is 5.82. The number of rotatable bonds is 8. The van der Waals surface area contributed by atoms with Gasteiger partial charge in [-0.3, -0.25) is 4.79 Å². The number of carboxylic acid groups (broad SMARTS) is 1. The van der Waals surface area contributed by atoms with Crippen molar-refractivity contribution in [3.05, 3.63) is 58.4 Å². The van der Waals surface area contributed by atoms with E-state index in [4.69, 9.17) is 26.2 Å². The molecule has 7 heteroatoms. The number of nitrogens with one attached hydrogen (secondary N) is 1. The molecule has 0 radical (unpaired) electrons. The summed E-state index contributed by atoms with van der Waals surface area (Å²) in [6.07, 6.45) is 0. The predicted molar refractivity (Wildman–Crippen MR) is 92.7 cm³/mol. The molecular weight excluding hydrogens is 349 g/mol. The molecule has 1 atom stereocenters. The molecule has 0 amide bonds. The van der Waals surface area contributed by atoms with Crippen molar-refractivity contribution in [2.45, 2.75) is 26.1 Å². The number of carbonyl (C=O) groups is 1. The minimum atomic E-state index is -0.923. The number of ether oxygens (including phenoxy) is 2. The van der Waals surface area contributed by atoms with E-state index in [1.54, 1.807) is 31.2 Å². The van der Waals surface area contributed by atoms with E-state index < -0.39 is 17.8 Å². The lowest BCUT2D eigenvalue weighted by Gasteiger charge is -2.14. The lowest BCUT2D eigenvalue weighted by Crippen LogP contribution is -2.33. The van der Waals surface area contributed by atoms with Crippen LogP contribution in [0.4, 0.5) is 4.39 Å². The van der Waals surface area contributed by atoms with E-state index in [9.17, 15) is 9.18 Å². The number of methoxy groups -OCH3 is 1. The first-order chi connectivity index (χ1) is 11.9. The monoisotopic (exact) mass is 367 g/mol. The maximum absolute atomic E-state index is 13.8. The molecule has 134 valence electrons. The van der Waals surface area contributed by atoms with Gasteiger partial charge < -0.3 is 19.9 Å². The molecule has 0 spiro atoms. The zero-order chi connectivity index (χ0) is 18.4. The Bertz CT molecular complexity index is 734. The van der Waals surface area contributed by atoms with Crippen molar-refractivity contribution in [3.63, 3.8) is 0 Å². The summed E-state index contributed by atoms with van der Waals surface area (Å²) in [5.74, 6) is -0.449. The van der Waals surface area contributed by atoms with E-state index in [0.717, 1.165) is 5.56 Å². The SMILES string of the molecule is COc1cc(CNC(C)C(=O)O)ccc1OCc1c(F)cccc1Cl.